The molecule has 0 bridgehead atoms. The van der Waals surface area contributed by atoms with E-state index in [1.54, 1.807) is 0 Å². The standard InChI is InChI=1S/C20H22N2/c1-2-4-16(5-3-1)8-10-20(11-13-21-15-20)18-6-7-19-17(14-18)9-12-22-19/h1-7,9,12,14,21-22H,8,10-11,13,15H2/t20-/m0/s1. The Bertz CT molecular complexity index is 751. The highest BCUT2D eigenvalue weighted by Crippen LogP contribution is 2.36. The van der Waals surface area contributed by atoms with Gasteiger partial charge in [-0.05, 0) is 60.5 Å². The molecule has 1 saturated heterocycles. The second-order valence-corrected chi connectivity index (χ2v) is 6.47. The van der Waals surface area contributed by atoms with Crippen molar-refractivity contribution in [1.82, 2.24) is 10.3 Å². The van der Waals surface area contributed by atoms with Gasteiger partial charge in [0, 0.05) is 23.7 Å². The fraction of sp³-hybridized carbons (Fsp3) is 0.300. The van der Waals surface area contributed by atoms with Gasteiger partial charge in [-0.1, -0.05) is 36.4 Å². The smallest absolute Gasteiger partial charge is 0.0454 e. The third kappa shape index (κ3) is 2.44. The topological polar surface area (TPSA) is 27.8 Å². The van der Waals surface area contributed by atoms with E-state index in [-0.39, 0.29) is 5.41 Å². The molecule has 2 heteroatoms. The van der Waals surface area contributed by atoms with Crippen molar-refractivity contribution in [3.63, 3.8) is 0 Å². The molecule has 1 aliphatic rings. The fourth-order valence-electron chi connectivity index (χ4n) is 3.76. The quantitative estimate of drug-likeness (QED) is 0.746. The van der Waals surface area contributed by atoms with Gasteiger partial charge < -0.3 is 10.3 Å². The first-order valence-electron chi connectivity index (χ1n) is 8.18. The van der Waals surface area contributed by atoms with E-state index in [9.17, 15) is 0 Å². The van der Waals surface area contributed by atoms with E-state index in [0.29, 0.717) is 0 Å². The van der Waals surface area contributed by atoms with Crippen molar-refractivity contribution < 1.29 is 0 Å². The lowest BCUT2D eigenvalue weighted by atomic mass is 9.75. The van der Waals surface area contributed by atoms with Crippen LogP contribution in [0.25, 0.3) is 10.9 Å². The van der Waals surface area contributed by atoms with Crippen LogP contribution in [-0.2, 0) is 11.8 Å². The number of benzene rings is 2. The Hall–Kier alpha value is -2.06. The van der Waals surface area contributed by atoms with Gasteiger partial charge in [-0.2, -0.15) is 0 Å². The summed E-state index contributed by atoms with van der Waals surface area (Å²) in [4.78, 5) is 3.29. The highest BCUT2D eigenvalue weighted by atomic mass is 14.9. The van der Waals surface area contributed by atoms with E-state index in [0.717, 1.165) is 19.5 Å². The summed E-state index contributed by atoms with van der Waals surface area (Å²) in [6.45, 7) is 2.22. The van der Waals surface area contributed by atoms with Crippen LogP contribution in [0.5, 0.6) is 0 Å². The van der Waals surface area contributed by atoms with Crippen LogP contribution < -0.4 is 5.32 Å². The van der Waals surface area contributed by atoms with Crippen LogP contribution in [0.1, 0.15) is 24.0 Å². The fourth-order valence-corrected chi connectivity index (χ4v) is 3.76. The Balaban J connectivity index is 1.64. The number of hydrogen-bond donors (Lipinski definition) is 2. The molecule has 0 amide bonds. The first kappa shape index (κ1) is 13.6. The lowest BCUT2D eigenvalue weighted by Gasteiger charge is -2.29. The summed E-state index contributed by atoms with van der Waals surface area (Å²) in [6, 6.07) is 20.0. The molecule has 0 radical (unpaired) electrons. The minimum atomic E-state index is 0.279. The summed E-state index contributed by atoms with van der Waals surface area (Å²) < 4.78 is 0. The third-order valence-corrected chi connectivity index (χ3v) is 5.14. The summed E-state index contributed by atoms with van der Waals surface area (Å²) >= 11 is 0. The number of fused-ring (bicyclic) bond motifs is 1. The van der Waals surface area contributed by atoms with Crippen LogP contribution >= 0.6 is 0 Å². The van der Waals surface area contributed by atoms with Crippen molar-refractivity contribution in [3.8, 4) is 0 Å². The normalized spacial score (nSPS) is 21.5. The molecule has 2 nitrogen and oxygen atoms in total. The van der Waals surface area contributed by atoms with Crippen molar-refractivity contribution in [2.24, 2.45) is 0 Å². The molecular formula is C20H22N2. The molecule has 1 aromatic heterocycles. The molecule has 0 unspecified atom stereocenters. The zero-order chi connectivity index (χ0) is 14.8. The van der Waals surface area contributed by atoms with Gasteiger partial charge in [-0.3, -0.25) is 0 Å². The Morgan fingerprint density at radius 1 is 1.00 bits per heavy atom. The van der Waals surface area contributed by atoms with Gasteiger partial charge in [0.1, 0.15) is 0 Å². The maximum Gasteiger partial charge on any atom is 0.0454 e. The largest absolute Gasteiger partial charge is 0.361 e. The number of hydrogen-bond acceptors (Lipinski definition) is 1. The number of rotatable bonds is 4. The molecule has 3 aromatic rings. The third-order valence-electron chi connectivity index (χ3n) is 5.14. The second-order valence-electron chi connectivity index (χ2n) is 6.47. The molecule has 1 aliphatic heterocycles. The van der Waals surface area contributed by atoms with Crippen LogP contribution in [0.2, 0.25) is 0 Å². The minimum absolute atomic E-state index is 0.279. The molecule has 0 aliphatic carbocycles. The van der Waals surface area contributed by atoms with Gasteiger partial charge in [0.25, 0.3) is 0 Å². The summed E-state index contributed by atoms with van der Waals surface area (Å²) in [6.07, 6.45) is 5.61. The van der Waals surface area contributed by atoms with Crippen molar-refractivity contribution in [1.29, 1.82) is 0 Å². The molecule has 22 heavy (non-hydrogen) atoms. The first-order chi connectivity index (χ1) is 10.9. The van der Waals surface area contributed by atoms with E-state index < -0.39 is 0 Å². The molecule has 0 saturated carbocycles. The van der Waals surface area contributed by atoms with E-state index in [1.807, 2.05) is 6.20 Å². The van der Waals surface area contributed by atoms with Gasteiger partial charge >= 0.3 is 0 Å². The van der Waals surface area contributed by atoms with Gasteiger partial charge in [-0.25, -0.2) is 0 Å². The van der Waals surface area contributed by atoms with Crippen LogP contribution in [0.3, 0.4) is 0 Å². The first-order valence-corrected chi connectivity index (χ1v) is 8.18. The van der Waals surface area contributed by atoms with Gasteiger partial charge in [0.15, 0.2) is 0 Å². The van der Waals surface area contributed by atoms with Gasteiger partial charge in [-0.15, -0.1) is 0 Å². The molecule has 112 valence electrons. The monoisotopic (exact) mass is 290 g/mol. The van der Waals surface area contributed by atoms with Gasteiger partial charge in [0.05, 0.1) is 0 Å². The Morgan fingerprint density at radius 3 is 2.73 bits per heavy atom. The number of aromatic amines is 1. The number of aryl methyl sites for hydroxylation is 1. The Morgan fingerprint density at radius 2 is 1.91 bits per heavy atom. The number of aromatic nitrogens is 1. The highest BCUT2D eigenvalue weighted by Gasteiger charge is 2.35. The molecular weight excluding hydrogens is 268 g/mol. The molecule has 2 heterocycles. The predicted molar refractivity (Wildman–Crippen MR) is 92.2 cm³/mol. The average Bonchev–Trinajstić information content (AvgIpc) is 3.23. The van der Waals surface area contributed by atoms with Crippen LogP contribution in [0, 0.1) is 0 Å². The average molecular weight is 290 g/mol. The van der Waals surface area contributed by atoms with Crippen molar-refractivity contribution >= 4 is 10.9 Å². The molecule has 0 spiro atoms. The lowest BCUT2D eigenvalue weighted by Crippen LogP contribution is -2.29. The predicted octanol–water partition coefficient (Wildman–Crippen LogP) is 4.03. The van der Waals surface area contributed by atoms with E-state index in [2.05, 4.69) is 64.9 Å². The van der Waals surface area contributed by atoms with Crippen molar-refractivity contribution in [2.75, 3.05) is 13.1 Å². The Labute approximate surface area is 131 Å². The lowest BCUT2D eigenvalue weighted by molar-refractivity contribution is 0.433. The van der Waals surface area contributed by atoms with Crippen molar-refractivity contribution in [3.05, 3.63) is 71.9 Å². The van der Waals surface area contributed by atoms with E-state index >= 15 is 0 Å². The molecule has 1 atom stereocenters. The maximum atomic E-state index is 3.58. The zero-order valence-corrected chi connectivity index (χ0v) is 12.8. The van der Waals surface area contributed by atoms with Crippen LogP contribution in [0.15, 0.2) is 60.8 Å². The van der Waals surface area contributed by atoms with Crippen LogP contribution in [-0.4, -0.2) is 18.1 Å². The molecule has 1 fully saturated rings. The van der Waals surface area contributed by atoms with Crippen LogP contribution in [0.4, 0.5) is 0 Å². The van der Waals surface area contributed by atoms with E-state index in [4.69, 9.17) is 0 Å². The summed E-state index contributed by atoms with van der Waals surface area (Å²) in [5.41, 5.74) is 4.44. The van der Waals surface area contributed by atoms with E-state index in [1.165, 1.54) is 34.9 Å². The van der Waals surface area contributed by atoms with Crippen molar-refractivity contribution in [2.45, 2.75) is 24.7 Å². The molecule has 2 aromatic carbocycles. The summed E-state index contributed by atoms with van der Waals surface area (Å²) in [5.74, 6) is 0. The summed E-state index contributed by atoms with van der Waals surface area (Å²) in [5, 5.41) is 4.90. The second kappa shape index (κ2) is 5.62. The molecule has 4 rings (SSSR count). The number of nitrogens with one attached hydrogen (secondary N) is 2. The molecule has 2 N–H and O–H groups in total. The summed E-state index contributed by atoms with van der Waals surface area (Å²) in [7, 11) is 0. The van der Waals surface area contributed by atoms with Gasteiger partial charge in [0.2, 0.25) is 0 Å². The maximum absolute atomic E-state index is 3.58. The minimum Gasteiger partial charge on any atom is -0.361 e. The SMILES string of the molecule is c1ccc(CC[C@]2(c3ccc4[nH]ccc4c3)CCNC2)cc1. The zero-order valence-electron chi connectivity index (χ0n) is 12.8. The Kier molecular flexibility index (Phi) is 3.47. The number of H-pyrrole nitrogens is 1. The highest BCUT2D eigenvalue weighted by molar-refractivity contribution is 5.80.